The van der Waals surface area contributed by atoms with E-state index in [9.17, 15) is 13.2 Å². The van der Waals surface area contributed by atoms with Crippen molar-refractivity contribution in [3.63, 3.8) is 0 Å². The fourth-order valence-electron chi connectivity index (χ4n) is 2.40. The van der Waals surface area contributed by atoms with Crippen LogP contribution in [0.2, 0.25) is 5.02 Å². The molecule has 0 heterocycles. The van der Waals surface area contributed by atoms with Gasteiger partial charge in [0.25, 0.3) is 10.0 Å². The number of hydrogen-bond acceptors (Lipinski definition) is 5. The summed E-state index contributed by atoms with van der Waals surface area (Å²) in [6.45, 7) is 3.77. The summed E-state index contributed by atoms with van der Waals surface area (Å²) in [5.41, 5.74) is 0.449. The molecular weight excluding hydrogens is 378 g/mol. The van der Waals surface area contributed by atoms with Crippen LogP contribution in [0, 0.1) is 0 Å². The highest BCUT2D eigenvalue weighted by molar-refractivity contribution is 7.92. The molecule has 0 radical (unpaired) electrons. The van der Waals surface area contributed by atoms with E-state index in [0.29, 0.717) is 11.4 Å². The molecule has 0 aliphatic rings. The van der Waals surface area contributed by atoms with Gasteiger partial charge >= 0.3 is 5.97 Å². The van der Waals surface area contributed by atoms with Gasteiger partial charge in [0.2, 0.25) is 0 Å². The number of hydrogen-bond donors (Lipinski definition) is 0. The first-order chi connectivity index (χ1) is 12.3. The van der Waals surface area contributed by atoms with Gasteiger partial charge in [-0.05, 0) is 56.3 Å². The third-order valence-corrected chi connectivity index (χ3v) is 5.91. The van der Waals surface area contributed by atoms with Gasteiger partial charge in [-0.25, -0.2) is 13.2 Å². The quantitative estimate of drug-likeness (QED) is 0.665. The van der Waals surface area contributed by atoms with Crippen molar-refractivity contribution in [2.45, 2.75) is 18.7 Å². The molecule has 26 heavy (non-hydrogen) atoms. The van der Waals surface area contributed by atoms with Crippen LogP contribution in [0.1, 0.15) is 24.2 Å². The van der Waals surface area contributed by atoms with E-state index in [-0.39, 0.29) is 28.6 Å². The van der Waals surface area contributed by atoms with Gasteiger partial charge in [0.1, 0.15) is 5.75 Å². The molecule has 0 aliphatic carbocycles. The molecule has 0 saturated carbocycles. The van der Waals surface area contributed by atoms with E-state index < -0.39 is 16.0 Å². The van der Waals surface area contributed by atoms with Gasteiger partial charge in [-0.3, -0.25) is 4.31 Å². The molecule has 0 unspecified atom stereocenters. The molecule has 8 heteroatoms. The van der Waals surface area contributed by atoms with Gasteiger partial charge in [0.05, 0.1) is 34.9 Å². The predicted molar refractivity (Wildman–Crippen MR) is 101 cm³/mol. The maximum atomic E-state index is 13.0. The van der Waals surface area contributed by atoms with Crippen LogP contribution < -0.4 is 9.04 Å². The van der Waals surface area contributed by atoms with E-state index in [2.05, 4.69) is 0 Å². The van der Waals surface area contributed by atoms with Gasteiger partial charge in [-0.1, -0.05) is 11.6 Å². The zero-order valence-electron chi connectivity index (χ0n) is 14.7. The maximum Gasteiger partial charge on any atom is 0.339 e. The minimum atomic E-state index is -3.81. The fourth-order valence-corrected chi connectivity index (χ4v) is 4.06. The fraction of sp³-hybridized carbons (Fsp3) is 0.278. The number of carbonyl (C=O) groups excluding carboxylic acids is 1. The SMILES string of the molecule is CCOC(=O)c1cc(N(CC)S(=O)(=O)c2ccc(OC)cc2)ccc1Cl. The van der Waals surface area contributed by atoms with Crippen LogP contribution in [0.3, 0.4) is 0 Å². The summed E-state index contributed by atoms with van der Waals surface area (Å²) in [6, 6.07) is 10.5. The summed E-state index contributed by atoms with van der Waals surface area (Å²) < 4.78 is 37.2. The summed E-state index contributed by atoms with van der Waals surface area (Å²) in [5, 5.41) is 0.199. The second-order valence-electron chi connectivity index (χ2n) is 5.23. The number of halogens is 1. The molecule has 140 valence electrons. The number of ether oxygens (including phenoxy) is 2. The summed E-state index contributed by atoms with van der Waals surface area (Å²) >= 11 is 6.06. The third kappa shape index (κ3) is 4.11. The number of methoxy groups -OCH3 is 1. The first-order valence-corrected chi connectivity index (χ1v) is 9.80. The monoisotopic (exact) mass is 397 g/mol. The van der Waals surface area contributed by atoms with E-state index in [1.807, 2.05) is 0 Å². The Hall–Kier alpha value is -2.25. The van der Waals surface area contributed by atoms with E-state index in [4.69, 9.17) is 21.1 Å². The van der Waals surface area contributed by atoms with Crippen LogP contribution in [0.5, 0.6) is 5.75 Å². The Kier molecular flexibility index (Phi) is 6.50. The molecule has 2 aromatic carbocycles. The molecule has 0 spiro atoms. The molecule has 0 fully saturated rings. The van der Waals surface area contributed by atoms with Crippen molar-refractivity contribution in [3.05, 3.63) is 53.1 Å². The molecular formula is C18H20ClNO5S. The van der Waals surface area contributed by atoms with E-state index >= 15 is 0 Å². The Morgan fingerprint density at radius 1 is 1.12 bits per heavy atom. The lowest BCUT2D eigenvalue weighted by Gasteiger charge is -2.23. The molecule has 6 nitrogen and oxygen atoms in total. The number of rotatable bonds is 7. The lowest BCUT2D eigenvalue weighted by atomic mass is 10.2. The van der Waals surface area contributed by atoms with Crippen LogP contribution in [-0.2, 0) is 14.8 Å². The Morgan fingerprint density at radius 2 is 1.77 bits per heavy atom. The lowest BCUT2D eigenvalue weighted by molar-refractivity contribution is 0.0526. The van der Waals surface area contributed by atoms with Crippen molar-refractivity contribution >= 4 is 33.3 Å². The first-order valence-electron chi connectivity index (χ1n) is 7.98. The molecule has 2 rings (SSSR count). The van der Waals surface area contributed by atoms with E-state index in [1.165, 1.54) is 35.7 Å². The molecule has 0 bridgehead atoms. The smallest absolute Gasteiger partial charge is 0.339 e. The number of sulfonamides is 1. The largest absolute Gasteiger partial charge is 0.497 e. The Bertz CT molecular complexity index is 881. The van der Waals surface area contributed by atoms with Crippen LogP contribution in [0.25, 0.3) is 0 Å². The van der Waals surface area contributed by atoms with Crippen molar-refractivity contribution in [1.82, 2.24) is 0 Å². The highest BCUT2D eigenvalue weighted by Crippen LogP contribution is 2.29. The van der Waals surface area contributed by atoms with E-state index in [1.54, 1.807) is 32.0 Å². The highest BCUT2D eigenvalue weighted by Gasteiger charge is 2.25. The maximum absolute atomic E-state index is 13.0. The van der Waals surface area contributed by atoms with Crippen molar-refractivity contribution in [2.75, 3.05) is 24.6 Å². The van der Waals surface area contributed by atoms with Crippen LogP contribution >= 0.6 is 11.6 Å². The summed E-state index contributed by atoms with van der Waals surface area (Å²) in [7, 11) is -2.31. The number of anilines is 1. The Labute approximate surface area is 158 Å². The average molecular weight is 398 g/mol. The van der Waals surface area contributed by atoms with E-state index in [0.717, 1.165) is 0 Å². The molecule has 0 aromatic heterocycles. The molecule has 2 aromatic rings. The summed E-state index contributed by atoms with van der Waals surface area (Å²) in [6.07, 6.45) is 0. The van der Waals surface area contributed by atoms with Crippen molar-refractivity contribution in [1.29, 1.82) is 0 Å². The van der Waals surface area contributed by atoms with Gasteiger partial charge in [0.15, 0.2) is 0 Å². The molecule has 0 saturated heterocycles. The molecule has 0 atom stereocenters. The topological polar surface area (TPSA) is 72.9 Å². The third-order valence-electron chi connectivity index (χ3n) is 3.67. The zero-order chi connectivity index (χ0) is 19.3. The van der Waals surface area contributed by atoms with Crippen molar-refractivity contribution < 1.29 is 22.7 Å². The molecule has 0 aliphatic heterocycles. The van der Waals surface area contributed by atoms with Crippen molar-refractivity contribution in [2.24, 2.45) is 0 Å². The zero-order valence-corrected chi connectivity index (χ0v) is 16.3. The van der Waals surface area contributed by atoms with Crippen LogP contribution in [0.4, 0.5) is 5.69 Å². The number of carbonyl (C=O) groups is 1. The summed E-state index contributed by atoms with van der Waals surface area (Å²) in [4.78, 5) is 12.1. The van der Waals surface area contributed by atoms with Gasteiger partial charge in [0, 0.05) is 6.54 Å². The van der Waals surface area contributed by atoms with Crippen LogP contribution in [0.15, 0.2) is 47.4 Å². The van der Waals surface area contributed by atoms with Crippen LogP contribution in [-0.4, -0.2) is 34.6 Å². The number of benzene rings is 2. The predicted octanol–water partition coefficient (Wildman–Crippen LogP) is 3.74. The second kappa shape index (κ2) is 8.42. The van der Waals surface area contributed by atoms with Gasteiger partial charge < -0.3 is 9.47 Å². The second-order valence-corrected chi connectivity index (χ2v) is 7.50. The Balaban J connectivity index is 2.46. The average Bonchev–Trinajstić information content (AvgIpc) is 2.63. The first kappa shape index (κ1) is 20.1. The minimum absolute atomic E-state index is 0.118. The standard InChI is InChI=1S/C18H20ClNO5S/c1-4-20(26(22,23)15-9-7-14(24-3)8-10-15)13-6-11-17(19)16(12-13)18(21)25-5-2/h6-12H,4-5H2,1-3H3. The lowest BCUT2D eigenvalue weighted by Crippen LogP contribution is -2.31. The summed E-state index contributed by atoms with van der Waals surface area (Å²) in [5.74, 6) is -0.0414. The minimum Gasteiger partial charge on any atom is -0.497 e. The normalized spacial score (nSPS) is 11.1. The van der Waals surface area contributed by atoms with Gasteiger partial charge in [-0.2, -0.15) is 0 Å². The Morgan fingerprint density at radius 3 is 2.31 bits per heavy atom. The molecule has 0 N–H and O–H groups in total. The molecule has 0 amide bonds. The number of esters is 1. The van der Waals surface area contributed by atoms with Crippen molar-refractivity contribution in [3.8, 4) is 5.75 Å². The highest BCUT2D eigenvalue weighted by atomic mass is 35.5. The van der Waals surface area contributed by atoms with Gasteiger partial charge in [-0.15, -0.1) is 0 Å². The number of nitrogens with zero attached hydrogens (tertiary/aromatic N) is 1.